The zero-order valence-corrected chi connectivity index (χ0v) is 11.5. The fourth-order valence-electron chi connectivity index (χ4n) is 2.07. The van der Waals surface area contributed by atoms with Crippen LogP contribution in [0.1, 0.15) is 33.6 Å². The van der Waals surface area contributed by atoms with Crippen molar-refractivity contribution in [2.75, 3.05) is 31.9 Å². The molecule has 0 aromatic heterocycles. The zero-order valence-electron chi connectivity index (χ0n) is 10.6. The highest BCUT2D eigenvalue weighted by Crippen LogP contribution is 2.12. The van der Waals surface area contributed by atoms with Crippen molar-refractivity contribution in [3.63, 3.8) is 0 Å². The Kier molecular flexibility index (Phi) is 5.21. The van der Waals surface area contributed by atoms with Crippen molar-refractivity contribution in [3.05, 3.63) is 0 Å². The van der Waals surface area contributed by atoms with Crippen molar-refractivity contribution in [3.8, 4) is 0 Å². The molecular weight excluding hydrogens is 224 g/mol. The number of sulfonamides is 1. The van der Waals surface area contributed by atoms with Crippen LogP contribution in [-0.2, 0) is 10.0 Å². The maximum Gasteiger partial charge on any atom is 0.214 e. The van der Waals surface area contributed by atoms with Gasteiger partial charge in [0.2, 0.25) is 10.0 Å². The minimum atomic E-state index is -2.98. The minimum Gasteiger partial charge on any atom is -0.298 e. The lowest BCUT2D eigenvalue weighted by atomic mass is 10.2. The van der Waals surface area contributed by atoms with Crippen molar-refractivity contribution in [2.24, 2.45) is 0 Å². The molecule has 96 valence electrons. The van der Waals surface area contributed by atoms with Gasteiger partial charge in [0.25, 0.3) is 0 Å². The molecule has 1 aliphatic rings. The molecule has 0 aliphatic carbocycles. The van der Waals surface area contributed by atoms with Crippen LogP contribution < -0.4 is 0 Å². The van der Waals surface area contributed by atoms with Gasteiger partial charge in [0, 0.05) is 32.2 Å². The van der Waals surface area contributed by atoms with Crippen LogP contribution in [0.5, 0.6) is 0 Å². The lowest BCUT2D eigenvalue weighted by Gasteiger charge is -2.37. The van der Waals surface area contributed by atoms with Gasteiger partial charge in [0.15, 0.2) is 0 Å². The summed E-state index contributed by atoms with van der Waals surface area (Å²) in [6, 6.07) is 0.566. The maximum atomic E-state index is 11.8. The van der Waals surface area contributed by atoms with Crippen LogP contribution >= 0.6 is 0 Å². The first-order valence-corrected chi connectivity index (χ1v) is 7.84. The van der Waals surface area contributed by atoms with Crippen molar-refractivity contribution in [2.45, 2.75) is 39.7 Å². The number of rotatable bonds is 5. The molecule has 0 amide bonds. The van der Waals surface area contributed by atoms with Gasteiger partial charge in [-0.05, 0) is 19.8 Å². The van der Waals surface area contributed by atoms with E-state index in [0.29, 0.717) is 25.6 Å². The Morgan fingerprint density at radius 1 is 1.12 bits per heavy atom. The van der Waals surface area contributed by atoms with Gasteiger partial charge in [0.05, 0.1) is 5.75 Å². The third-order valence-electron chi connectivity index (χ3n) is 3.34. The van der Waals surface area contributed by atoms with E-state index < -0.39 is 10.0 Å². The van der Waals surface area contributed by atoms with Crippen LogP contribution in [-0.4, -0.2) is 55.6 Å². The first-order valence-electron chi connectivity index (χ1n) is 6.23. The smallest absolute Gasteiger partial charge is 0.214 e. The Hall–Kier alpha value is -0.130. The van der Waals surface area contributed by atoms with Gasteiger partial charge in [-0.25, -0.2) is 8.42 Å². The highest BCUT2D eigenvalue weighted by molar-refractivity contribution is 7.89. The first-order chi connectivity index (χ1) is 7.51. The van der Waals surface area contributed by atoms with Gasteiger partial charge in [-0.15, -0.1) is 0 Å². The van der Waals surface area contributed by atoms with E-state index >= 15 is 0 Å². The molecule has 1 aliphatic heterocycles. The standard InChI is InChI=1S/C11H24N2O2S/c1-4-10-16(14,15)13-8-6-12(7-9-13)11(3)5-2/h11H,4-10H2,1-3H3/t11-/m1/s1. The fraction of sp³-hybridized carbons (Fsp3) is 1.00. The molecule has 1 fully saturated rings. The summed E-state index contributed by atoms with van der Waals surface area (Å²) in [5.74, 6) is 0.288. The molecule has 0 aromatic carbocycles. The first kappa shape index (κ1) is 13.9. The van der Waals surface area contributed by atoms with E-state index in [1.807, 2.05) is 6.92 Å². The van der Waals surface area contributed by atoms with Gasteiger partial charge >= 0.3 is 0 Å². The summed E-state index contributed by atoms with van der Waals surface area (Å²) in [4.78, 5) is 2.37. The Bertz CT molecular complexity index is 295. The van der Waals surface area contributed by atoms with Gasteiger partial charge in [-0.1, -0.05) is 13.8 Å². The summed E-state index contributed by atoms with van der Waals surface area (Å²) in [7, 11) is -2.98. The average Bonchev–Trinajstić information content (AvgIpc) is 2.28. The number of piperazine rings is 1. The molecule has 0 radical (unpaired) electrons. The largest absolute Gasteiger partial charge is 0.298 e. The van der Waals surface area contributed by atoms with E-state index in [1.54, 1.807) is 4.31 Å². The summed E-state index contributed by atoms with van der Waals surface area (Å²) in [6.45, 7) is 9.35. The summed E-state index contributed by atoms with van der Waals surface area (Å²) in [5, 5.41) is 0. The van der Waals surface area contributed by atoms with Crippen molar-refractivity contribution in [1.82, 2.24) is 9.21 Å². The van der Waals surface area contributed by atoms with Crippen molar-refractivity contribution < 1.29 is 8.42 Å². The summed E-state index contributed by atoms with van der Waals surface area (Å²) < 4.78 is 25.3. The Labute approximate surface area is 99.7 Å². The highest BCUT2D eigenvalue weighted by Gasteiger charge is 2.27. The second kappa shape index (κ2) is 5.98. The molecule has 1 heterocycles. The lowest BCUT2D eigenvalue weighted by Crippen LogP contribution is -2.51. The predicted octanol–water partition coefficient (Wildman–Crippen LogP) is 1.14. The number of hydrogen-bond acceptors (Lipinski definition) is 3. The minimum absolute atomic E-state index is 0.288. The van der Waals surface area contributed by atoms with Gasteiger partial charge in [0.1, 0.15) is 0 Å². The van der Waals surface area contributed by atoms with E-state index in [2.05, 4.69) is 18.7 Å². The van der Waals surface area contributed by atoms with Crippen molar-refractivity contribution >= 4 is 10.0 Å². The number of hydrogen-bond donors (Lipinski definition) is 0. The van der Waals surface area contributed by atoms with Crippen LogP contribution in [0.3, 0.4) is 0 Å². The van der Waals surface area contributed by atoms with E-state index in [0.717, 1.165) is 19.5 Å². The molecule has 0 N–H and O–H groups in total. The highest BCUT2D eigenvalue weighted by atomic mass is 32.2. The second-order valence-corrected chi connectivity index (χ2v) is 6.60. The quantitative estimate of drug-likeness (QED) is 0.732. The molecule has 0 aromatic rings. The molecule has 0 bridgehead atoms. The molecule has 4 nitrogen and oxygen atoms in total. The lowest BCUT2D eigenvalue weighted by molar-refractivity contribution is 0.142. The van der Waals surface area contributed by atoms with Gasteiger partial charge < -0.3 is 0 Å². The van der Waals surface area contributed by atoms with E-state index in [1.165, 1.54) is 0 Å². The Balaban J connectivity index is 2.49. The Morgan fingerprint density at radius 2 is 1.69 bits per heavy atom. The van der Waals surface area contributed by atoms with Gasteiger partial charge in [-0.3, -0.25) is 4.90 Å². The molecule has 5 heteroatoms. The Morgan fingerprint density at radius 3 is 2.12 bits per heavy atom. The summed E-state index contributed by atoms with van der Waals surface area (Å²) in [6.07, 6.45) is 1.83. The molecule has 1 saturated heterocycles. The maximum absolute atomic E-state index is 11.8. The average molecular weight is 248 g/mol. The van der Waals surface area contributed by atoms with Crippen molar-refractivity contribution in [1.29, 1.82) is 0 Å². The zero-order chi connectivity index (χ0) is 12.2. The van der Waals surface area contributed by atoms with E-state index in [9.17, 15) is 8.42 Å². The fourth-order valence-corrected chi connectivity index (χ4v) is 3.56. The molecule has 1 atom stereocenters. The second-order valence-electron chi connectivity index (χ2n) is 4.51. The molecule has 0 saturated carbocycles. The summed E-state index contributed by atoms with van der Waals surface area (Å²) >= 11 is 0. The monoisotopic (exact) mass is 248 g/mol. The normalized spacial score (nSPS) is 22.2. The molecule has 0 spiro atoms. The SMILES string of the molecule is CCCS(=O)(=O)N1CCN([C@H](C)CC)CC1. The third-order valence-corrected chi connectivity index (χ3v) is 5.42. The topological polar surface area (TPSA) is 40.6 Å². The van der Waals surface area contributed by atoms with Gasteiger partial charge in [-0.2, -0.15) is 4.31 Å². The summed E-state index contributed by atoms with van der Waals surface area (Å²) in [5.41, 5.74) is 0. The predicted molar refractivity (Wildman–Crippen MR) is 67.0 cm³/mol. The van der Waals surface area contributed by atoms with Crippen LogP contribution in [0, 0.1) is 0 Å². The van der Waals surface area contributed by atoms with E-state index in [4.69, 9.17) is 0 Å². The molecule has 0 unspecified atom stereocenters. The van der Waals surface area contributed by atoms with Crippen LogP contribution in [0.4, 0.5) is 0 Å². The molecule has 1 rings (SSSR count). The van der Waals surface area contributed by atoms with E-state index in [-0.39, 0.29) is 5.75 Å². The molecular formula is C11H24N2O2S. The number of nitrogens with zero attached hydrogens (tertiary/aromatic N) is 2. The van der Waals surface area contributed by atoms with Crippen LogP contribution in [0.25, 0.3) is 0 Å². The molecule has 16 heavy (non-hydrogen) atoms. The van der Waals surface area contributed by atoms with Crippen LogP contribution in [0.15, 0.2) is 0 Å². The third kappa shape index (κ3) is 3.43. The van der Waals surface area contributed by atoms with Crippen LogP contribution in [0.2, 0.25) is 0 Å².